The number of carbonyl (C=O) groups is 1. The van der Waals surface area contributed by atoms with Gasteiger partial charge in [-0.25, -0.2) is 10.1 Å². The number of aromatic nitrogens is 5. The van der Waals surface area contributed by atoms with Crippen molar-refractivity contribution in [3.63, 3.8) is 0 Å². The Morgan fingerprint density at radius 2 is 1.94 bits per heavy atom. The zero-order valence-electron chi connectivity index (χ0n) is 17.2. The maximum absolute atomic E-state index is 12.9. The van der Waals surface area contributed by atoms with E-state index in [0.717, 1.165) is 23.0 Å². The van der Waals surface area contributed by atoms with Crippen LogP contribution in [0.4, 0.5) is 24.7 Å². The highest BCUT2D eigenvalue weighted by atomic mass is 19.4. The third-order valence-electron chi connectivity index (χ3n) is 4.53. The number of amides is 1. The molecule has 0 atom stereocenters. The fraction of sp³-hybridized carbons (Fsp3) is 0.0526. The molecule has 35 heavy (non-hydrogen) atoms. The van der Waals surface area contributed by atoms with Crippen LogP contribution in [0.25, 0.3) is 17.1 Å². The van der Waals surface area contributed by atoms with Crippen molar-refractivity contribution in [1.82, 2.24) is 30.7 Å². The molecular weight excluding hydrogens is 475 g/mol. The number of nitrogens with one attached hydrogen (secondary N) is 1. The number of hydrazone groups is 1. The third-order valence-corrected chi connectivity index (χ3v) is 4.53. The van der Waals surface area contributed by atoms with Gasteiger partial charge in [0, 0.05) is 17.7 Å². The monoisotopic (exact) mass is 487 g/mol. The SMILES string of the molecule is Nc1nonc1-n1nnc(C(=O)N/N=C\c2cccc(C(F)(F)F)c2)c1-c1ccc([N+](=O)[O-])cc1. The van der Waals surface area contributed by atoms with Gasteiger partial charge in [0.25, 0.3) is 11.6 Å². The van der Waals surface area contributed by atoms with Gasteiger partial charge >= 0.3 is 6.18 Å². The summed E-state index contributed by atoms with van der Waals surface area (Å²) in [5.41, 5.74) is 6.87. The van der Waals surface area contributed by atoms with E-state index in [1.807, 2.05) is 0 Å². The molecule has 0 aliphatic carbocycles. The smallest absolute Gasteiger partial charge is 0.378 e. The lowest BCUT2D eigenvalue weighted by atomic mass is 10.1. The number of nitro benzene ring substituents is 1. The Bertz CT molecular complexity index is 1430. The number of benzene rings is 2. The summed E-state index contributed by atoms with van der Waals surface area (Å²) in [7, 11) is 0. The topological polar surface area (TPSA) is 180 Å². The number of rotatable bonds is 6. The molecule has 16 heteroatoms. The first-order chi connectivity index (χ1) is 16.6. The predicted octanol–water partition coefficient (Wildman–Crippen LogP) is 2.59. The van der Waals surface area contributed by atoms with Crippen LogP contribution in [-0.4, -0.2) is 42.4 Å². The fourth-order valence-corrected chi connectivity index (χ4v) is 2.93. The lowest BCUT2D eigenvalue weighted by Gasteiger charge is -2.07. The number of alkyl halides is 3. The molecule has 0 aliphatic rings. The van der Waals surface area contributed by atoms with Gasteiger partial charge < -0.3 is 5.73 Å². The van der Waals surface area contributed by atoms with E-state index in [1.165, 1.54) is 36.4 Å². The quantitative estimate of drug-likeness (QED) is 0.235. The van der Waals surface area contributed by atoms with E-state index in [-0.39, 0.29) is 39.8 Å². The number of non-ortho nitro benzene ring substituents is 1. The molecule has 0 saturated carbocycles. The molecule has 2 aromatic carbocycles. The Kier molecular flexibility index (Phi) is 5.92. The van der Waals surface area contributed by atoms with E-state index >= 15 is 0 Å². The molecule has 0 saturated heterocycles. The summed E-state index contributed by atoms with van der Waals surface area (Å²) >= 11 is 0. The van der Waals surface area contributed by atoms with Gasteiger partial charge in [-0.15, -0.1) is 5.10 Å². The molecule has 13 nitrogen and oxygen atoms in total. The zero-order chi connectivity index (χ0) is 25.2. The Hall–Kier alpha value is -5.15. The van der Waals surface area contributed by atoms with Crippen LogP contribution < -0.4 is 11.2 Å². The molecule has 4 rings (SSSR count). The number of anilines is 1. The first-order valence-corrected chi connectivity index (χ1v) is 9.44. The van der Waals surface area contributed by atoms with Crippen LogP contribution in [0.1, 0.15) is 21.6 Å². The van der Waals surface area contributed by atoms with Crippen LogP contribution in [0.5, 0.6) is 0 Å². The number of hydrogen-bond donors (Lipinski definition) is 2. The predicted molar refractivity (Wildman–Crippen MR) is 112 cm³/mol. The van der Waals surface area contributed by atoms with Crippen molar-refractivity contribution in [3.05, 3.63) is 75.5 Å². The molecule has 0 fully saturated rings. The standard InChI is InChI=1S/C19H12F3N9O4/c20-19(21,22)12-3-1-2-10(8-12)9-24-26-18(32)14-15(11-4-6-13(7-5-11)31(33)34)30(29-25-14)17-16(23)27-35-28-17/h1-9H,(H2,23,27)(H,26,32)/b24-9-. The molecule has 2 aromatic heterocycles. The van der Waals surface area contributed by atoms with E-state index in [2.05, 4.69) is 35.8 Å². The molecule has 178 valence electrons. The van der Waals surface area contributed by atoms with Crippen molar-refractivity contribution < 1.29 is 27.5 Å². The van der Waals surface area contributed by atoms with E-state index in [1.54, 1.807) is 0 Å². The van der Waals surface area contributed by atoms with Crippen LogP contribution in [0.3, 0.4) is 0 Å². The van der Waals surface area contributed by atoms with Crippen LogP contribution in [0, 0.1) is 10.1 Å². The van der Waals surface area contributed by atoms with Crippen molar-refractivity contribution >= 4 is 23.6 Å². The second-order valence-corrected chi connectivity index (χ2v) is 6.80. The Balaban J connectivity index is 1.66. The highest BCUT2D eigenvalue weighted by molar-refractivity contribution is 5.98. The Morgan fingerprint density at radius 3 is 2.57 bits per heavy atom. The normalized spacial score (nSPS) is 11.6. The van der Waals surface area contributed by atoms with E-state index in [9.17, 15) is 28.1 Å². The van der Waals surface area contributed by atoms with Crippen LogP contribution in [0.2, 0.25) is 0 Å². The highest BCUT2D eigenvalue weighted by Gasteiger charge is 2.30. The minimum absolute atomic E-state index is 0.0223. The third kappa shape index (κ3) is 4.80. The minimum atomic E-state index is -4.54. The number of halogens is 3. The van der Waals surface area contributed by atoms with Crippen LogP contribution in [-0.2, 0) is 6.18 Å². The van der Waals surface area contributed by atoms with E-state index < -0.39 is 22.6 Å². The van der Waals surface area contributed by atoms with Gasteiger partial charge in [0.15, 0.2) is 5.69 Å². The molecule has 0 aliphatic heterocycles. The van der Waals surface area contributed by atoms with Gasteiger partial charge in [-0.05, 0) is 40.1 Å². The first kappa shape index (κ1) is 23.0. The van der Waals surface area contributed by atoms with Crippen LogP contribution in [0.15, 0.2) is 58.3 Å². The van der Waals surface area contributed by atoms with Gasteiger partial charge in [0.05, 0.1) is 16.7 Å². The van der Waals surface area contributed by atoms with Gasteiger partial charge in [-0.3, -0.25) is 14.9 Å². The molecule has 3 N–H and O–H groups in total. The Labute approximate surface area is 192 Å². The number of nitrogens with two attached hydrogens (primary N) is 1. The van der Waals surface area contributed by atoms with Crippen molar-refractivity contribution in [2.45, 2.75) is 6.18 Å². The van der Waals surface area contributed by atoms with Gasteiger partial charge in [-0.1, -0.05) is 17.3 Å². The summed E-state index contributed by atoms with van der Waals surface area (Å²) < 4.78 is 44.2. The number of nitrogens with zero attached hydrogens (tertiary/aromatic N) is 7. The summed E-state index contributed by atoms with van der Waals surface area (Å²) in [4.78, 5) is 23.1. The second-order valence-electron chi connectivity index (χ2n) is 6.80. The Morgan fingerprint density at radius 1 is 1.20 bits per heavy atom. The van der Waals surface area contributed by atoms with E-state index in [4.69, 9.17) is 5.73 Å². The first-order valence-electron chi connectivity index (χ1n) is 9.44. The molecule has 0 spiro atoms. The largest absolute Gasteiger partial charge is 0.416 e. The summed E-state index contributed by atoms with van der Waals surface area (Å²) in [5, 5.41) is 29.3. The summed E-state index contributed by atoms with van der Waals surface area (Å²) in [6.45, 7) is 0. The molecular formula is C19H12F3N9O4. The summed E-state index contributed by atoms with van der Waals surface area (Å²) in [6, 6.07) is 9.41. The molecule has 0 radical (unpaired) electrons. The lowest BCUT2D eigenvalue weighted by Crippen LogP contribution is -2.19. The number of nitrogen functional groups attached to an aromatic ring is 1. The fourth-order valence-electron chi connectivity index (χ4n) is 2.93. The zero-order valence-corrected chi connectivity index (χ0v) is 17.2. The van der Waals surface area contributed by atoms with Gasteiger partial charge in [0.2, 0.25) is 11.6 Å². The molecule has 0 bridgehead atoms. The summed E-state index contributed by atoms with van der Waals surface area (Å²) in [5.74, 6) is -1.16. The van der Waals surface area contributed by atoms with Crippen molar-refractivity contribution in [2.24, 2.45) is 5.10 Å². The molecule has 0 unspecified atom stereocenters. The number of nitro groups is 1. The average Bonchev–Trinajstić information content (AvgIpc) is 3.44. The van der Waals surface area contributed by atoms with Gasteiger partial charge in [-0.2, -0.15) is 23.0 Å². The maximum Gasteiger partial charge on any atom is 0.416 e. The number of carbonyl (C=O) groups excluding carboxylic acids is 1. The number of hydrogen-bond acceptors (Lipinski definition) is 10. The van der Waals surface area contributed by atoms with Crippen molar-refractivity contribution in [3.8, 4) is 17.1 Å². The summed E-state index contributed by atoms with van der Waals surface area (Å²) in [6.07, 6.45) is -3.52. The van der Waals surface area contributed by atoms with Gasteiger partial charge in [0.1, 0.15) is 5.69 Å². The van der Waals surface area contributed by atoms with Crippen molar-refractivity contribution in [1.29, 1.82) is 0 Å². The van der Waals surface area contributed by atoms with Crippen molar-refractivity contribution in [2.75, 3.05) is 5.73 Å². The maximum atomic E-state index is 12.9. The molecule has 2 heterocycles. The van der Waals surface area contributed by atoms with Crippen LogP contribution >= 0.6 is 0 Å². The highest BCUT2D eigenvalue weighted by Crippen LogP contribution is 2.30. The minimum Gasteiger partial charge on any atom is -0.378 e. The van der Waals surface area contributed by atoms with E-state index in [0.29, 0.717) is 0 Å². The average molecular weight is 487 g/mol. The second kappa shape index (κ2) is 9.00. The molecule has 4 aromatic rings. The molecule has 1 amide bonds. The lowest BCUT2D eigenvalue weighted by molar-refractivity contribution is -0.384.